The van der Waals surface area contributed by atoms with Gasteiger partial charge in [0.25, 0.3) is 0 Å². The minimum absolute atomic E-state index is 0.0824. The van der Waals surface area contributed by atoms with E-state index in [1.165, 1.54) is 15.6 Å². The Morgan fingerprint density at radius 2 is 2.08 bits per heavy atom. The van der Waals surface area contributed by atoms with Crippen molar-refractivity contribution in [2.45, 2.75) is 13.5 Å². The molecule has 0 aliphatic carbocycles. The van der Waals surface area contributed by atoms with Crippen molar-refractivity contribution in [2.24, 2.45) is 0 Å². The summed E-state index contributed by atoms with van der Waals surface area (Å²) in [6.07, 6.45) is 0. The maximum absolute atomic E-state index is 11.9. The highest BCUT2D eigenvalue weighted by atomic mass is 35.5. The second-order valence-electron chi connectivity index (χ2n) is 5.50. The van der Waals surface area contributed by atoms with Gasteiger partial charge in [0.15, 0.2) is 5.82 Å². The molecule has 2 aromatic heterocycles. The van der Waals surface area contributed by atoms with Gasteiger partial charge in [-0.05, 0) is 24.6 Å². The summed E-state index contributed by atoms with van der Waals surface area (Å²) >= 11 is 7.58. The monoisotopic (exact) mass is 390 g/mol. The van der Waals surface area contributed by atoms with Crippen LogP contribution in [0.4, 0.5) is 5.82 Å². The average molecular weight is 391 g/mol. The minimum atomic E-state index is -3.22. The van der Waals surface area contributed by atoms with Gasteiger partial charge < -0.3 is 9.64 Å². The molecule has 3 rings (SSSR count). The van der Waals surface area contributed by atoms with Crippen LogP contribution in [0.2, 0.25) is 5.28 Å². The van der Waals surface area contributed by atoms with Crippen LogP contribution in [-0.2, 0) is 21.3 Å². The van der Waals surface area contributed by atoms with Crippen molar-refractivity contribution in [1.29, 1.82) is 0 Å². The molecule has 0 saturated carbocycles. The molecule has 24 heavy (non-hydrogen) atoms. The predicted molar refractivity (Wildman–Crippen MR) is 96.4 cm³/mol. The average Bonchev–Trinajstić information content (AvgIpc) is 2.96. The van der Waals surface area contributed by atoms with Crippen molar-refractivity contribution in [3.05, 3.63) is 16.2 Å². The highest BCUT2D eigenvalue weighted by molar-refractivity contribution is 7.89. The van der Waals surface area contributed by atoms with Gasteiger partial charge in [-0.1, -0.05) is 0 Å². The van der Waals surface area contributed by atoms with Crippen LogP contribution in [0.1, 0.15) is 11.8 Å². The van der Waals surface area contributed by atoms with E-state index in [1.54, 1.807) is 14.0 Å². The molecule has 10 heteroatoms. The maximum atomic E-state index is 11.9. The molecule has 7 nitrogen and oxygen atoms in total. The van der Waals surface area contributed by atoms with Crippen LogP contribution < -0.4 is 4.90 Å². The summed E-state index contributed by atoms with van der Waals surface area (Å²) in [5.41, 5.74) is 0.749. The van der Waals surface area contributed by atoms with Gasteiger partial charge in [-0.15, -0.1) is 11.3 Å². The van der Waals surface area contributed by atoms with Crippen LogP contribution >= 0.6 is 22.9 Å². The number of fused-ring (bicyclic) bond motifs is 1. The molecule has 0 aromatic carbocycles. The second-order valence-corrected chi connectivity index (χ2v) is 9.34. The first-order chi connectivity index (χ1) is 11.4. The molecule has 0 radical (unpaired) electrons. The molecule has 0 N–H and O–H groups in total. The summed E-state index contributed by atoms with van der Waals surface area (Å²) in [5.74, 6) is 0.879. The van der Waals surface area contributed by atoms with Gasteiger partial charge in [0.05, 0.1) is 29.2 Å². The molecule has 2 aromatic rings. The fraction of sp³-hybridized carbons (Fsp3) is 0.571. The van der Waals surface area contributed by atoms with Crippen LogP contribution in [0.15, 0.2) is 6.07 Å². The largest absolute Gasteiger partial charge is 0.378 e. The third kappa shape index (κ3) is 3.65. The van der Waals surface area contributed by atoms with E-state index in [0.29, 0.717) is 19.8 Å². The number of hydrogen-bond acceptors (Lipinski definition) is 7. The van der Waals surface area contributed by atoms with E-state index in [2.05, 4.69) is 14.9 Å². The number of sulfonamides is 1. The zero-order chi connectivity index (χ0) is 17.3. The first-order valence-electron chi connectivity index (χ1n) is 7.63. The zero-order valence-electron chi connectivity index (χ0n) is 13.5. The van der Waals surface area contributed by atoms with Crippen molar-refractivity contribution < 1.29 is 13.2 Å². The summed E-state index contributed by atoms with van der Waals surface area (Å²) in [5, 5.41) is 0.197. The van der Waals surface area contributed by atoms with Crippen LogP contribution in [0, 0.1) is 0 Å². The molecule has 1 saturated heterocycles. The van der Waals surface area contributed by atoms with Gasteiger partial charge in [0.1, 0.15) is 0 Å². The van der Waals surface area contributed by atoms with Crippen molar-refractivity contribution in [3.8, 4) is 0 Å². The third-order valence-corrected chi connectivity index (χ3v) is 6.99. The van der Waals surface area contributed by atoms with E-state index in [1.807, 2.05) is 6.07 Å². The molecular weight excluding hydrogens is 372 g/mol. The lowest BCUT2D eigenvalue weighted by Gasteiger charge is -2.28. The number of ether oxygens (including phenoxy) is 1. The highest BCUT2D eigenvalue weighted by Gasteiger charge is 2.21. The normalized spacial score (nSPS) is 16.2. The Hall–Kier alpha value is -1.00. The molecule has 0 spiro atoms. The van der Waals surface area contributed by atoms with E-state index < -0.39 is 10.0 Å². The number of aromatic nitrogens is 2. The standard InChI is InChI=1S/C14H19ClN4O3S2/c1-3-24(20,21)18(2)9-10-8-11-12(23-10)13(17-14(15)16-11)19-4-6-22-7-5-19/h8H,3-7,9H2,1-2H3. The van der Waals surface area contributed by atoms with E-state index in [4.69, 9.17) is 16.3 Å². The Morgan fingerprint density at radius 1 is 1.38 bits per heavy atom. The molecular formula is C14H19ClN4O3S2. The van der Waals surface area contributed by atoms with Crippen molar-refractivity contribution in [3.63, 3.8) is 0 Å². The molecule has 132 valence electrons. The number of nitrogens with zero attached hydrogens (tertiary/aromatic N) is 4. The lowest BCUT2D eigenvalue weighted by molar-refractivity contribution is 0.122. The Morgan fingerprint density at radius 3 is 2.75 bits per heavy atom. The number of rotatable bonds is 5. The van der Waals surface area contributed by atoms with E-state index in [-0.39, 0.29) is 11.0 Å². The lowest BCUT2D eigenvalue weighted by Crippen LogP contribution is -2.36. The first-order valence-corrected chi connectivity index (χ1v) is 10.4. The van der Waals surface area contributed by atoms with Crippen LogP contribution in [-0.4, -0.2) is 61.8 Å². The van der Waals surface area contributed by atoms with E-state index >= 15 is 0 Å². The van der Waals surface area contributed by atoms with Crippen molar-refractivity contribution >= 4 is 49.0 Å². The molecule has 0 bridgehead atoms. The van der Waals surface area contributed by atoms with Crippen molar-refractivity contribution in [1.82, 2.24) is 14.3 Å². The quantitative estimate of drug-likeness (QED) is 0.726. The number of hydrogen-bond donors (Lipinski definition) is 0. The molecule has 0 unspecified atom stereocenters. The fourth-order valence-electron chi connectivity index (χ4n) is 2.54. The van der Waals surface area contributed by atoms with Gasteiger partial charge in [0, 0.05) is 31.6 Å². The molecule has 1 aliphatic rings. The van der Waals surface area contributed by atoms with Crippen molar-refractivity contribution in [2.75, 3.05) is 44.0 Å². The minimum Gasteiger partial charge on any atom is -0.378 e. The summed E-state index contributed by atoms with van der Waals surface area (Å²) < 4.78 is 31.6. The molecule has 1 fully saturated rings. The topological polar surface area (TPSA) is 75.6 Å². The Labute approximate surface area is 150 Å². The predicted octanol–water partition coefficient (Wildman–Crippen LogP) is 1.96. The van der Waals surface area contributed by atoms with E-state index in [0.717, 1.165) is 34.0 Å². The SMILES string of the molecule is CCS(=O)(=O)N(C)Cc1cc2nc(Cl)nc(N3CCOCC3)c2s1. The van der Waals surface area contributed by atoms with Gasteiger partial charge in [-0.3, -0.25) is 0 Å². The Kier molecular flexibility index (Phi) is 5.26. The highest BCUT2D eigenvalue weighted by Crippen LogP contribution is 2.34. The van der Waals surface area contributed by atoms with E-state index in [9.17, 15) is 8.42 Å². The number of anilines is 1. The van der Waals surface area contributed by atoms with Crippen LogP contribution in [0.5, 0.6) is 0 Å². The molecule has 0 atom stereocenters. The summed E-state index contributed by atoms with van der Waals surface area (Å²) in [7, 11) is -1.63. The van der Waals surface area contributed by atoms with Gasteiger partial charge in [-0.2, -0.15) is 9.29 Å². The van der Waals surface area contributed by atoms with Gasteiger partial charge in [-0.25, -0.2) is 13.4 Å². The fourth-order valence-corrected chi connectivity index (χ4v) is 4.74. The second kappa shape index (κ2) is 7.09. The van der Waals surface area contributed by atoms with Crippen LogP contribution in [0.3, 0.4) is 0 Å². The number of thiophene rings is 1. The Bertz CT molecular complexity index is 834. The Balaban J connectivity index is 1.95. The lowest BCUT2D eigenvalue weighted by atomic mass is 10.3. The molecule has 0 amide bonds. The summed E-state index contributed by atoms with van der Waals surface area (Å²) in [4.78, 5) is 11.7. The maximum Gasteiger partial charge on any atom is 0.224 e. The zero-order valence-corrected chi connectivity index (χ0v) is 15.9. The number of morpholine rings is 1. The smallest absolute Gasteiger partial charge is 0.224 e. The van der Waals surface area contributed by atoms with Gasteiger partial charge >= 0.3 is 0 Å². The van der Waals surface area contributed by atoms with Crippen LogP contribution in [0.25, 0.3) is 10.2 Å². The van der Waals surface area contributed by atoms with Gasteiger partial charge in [0.2, 0.25) is 15.3 Å². The molecule has 3 heterocycles. The summed E-state index contributed by atoms with van der Waals surface area (Å²) in [6, 6.07) is 1.89. The number of halogens is 1. The molecule has 1 aliphatic heterocycles. The third-order valence-electron chi connectivity index (χ3n) is 3.91. The first kappa shape index (κ1) is 17.8. The summed E-state index contributed by atoms with van der Waals surface area (Å²) in [6.45, 7) is 4.76.